The van der Waals surface area contributed by atoms with Gasteiger partial charge in [0.25, 0.3) is 5.69 Å². The first kappa shape index (κ1) is 15.0. The predicted octanol–water partition coefficient (Wildman–Crippen LogP) is 1.59. The lowest BCUT2D eigenvalue weighted by Crippen LogP contribution is -2.40. The van der Waals surface area contributed by atoms with Crippen LogP contribution in [0.15, 0.2) is 30.3 Å². The van der Waals surface area contributed by atoms with Crippen LogP contribution in [0.3, 0.4) is 0 Å². The summed E-state index contributed by atoms with van der Waals surface area (Å²) in [6, 6.07) is 4.93. The van der Waals surface area contributed by atoms with Crippen LogP contribution in [0.25, 0.3) is 6.08 Å². The number of carboxylic acids is 1. The number of thioether (sulfide) groups is 1. The maximum atomic E-state index is 12.0. The van der Waals surface area contributed by atoms with E-state index in [1.54, 1.807) is 0 Å². The van der Waals surface area contributed by atoms with Crippen molar-refractivity contribution in [3.63, 3.8) is 0 Å². The van der Waals surface area contributed by atoms with Crippen LogP contribution in [-0.4, -0.2) is 44.5 Å². The van der Waals surface area contributed by atoms with Crippen molar-refractivity contribution in [1.29, 1.82) is 0 Å². The minimum atomic E-state index is -1.02. The Morgan fingerprint density at radius 2 is 2.05 bits per heavy atom. The average molecular weight is 308 g/mol. The standard InChI is InChI=1S/C13H12N2O5S/c16-12(14-8-21-7-11(14)13(17)18)6-3-9-1-4-10(5-2-9)15(19)20/h1-6,11H,7-8H2,(H,17,18)/b6-3+. The minimum Gasteiger partial charge on any atom is -0.480 e. The number of hydrogen-bond acceptors (Lipinski definition) is 5. The molecular weight excluding hydrogens is 296 g/mol. The van der Waals surface area contributed by atoms with Crippen molar-refractivity contribution < 1.29 is 19.6 Å². The molecule has 1 atom stereocenters. The van der Waals surface area contributed by atoms with E-state index in [9.17, 15) is 19.7 Å². The highest BCUT2D eigenvalue weighted by molar-refractivity contribution is 7.99. The normalized spacial score (nSPS) is 18.1. The third-order valence-corrected chi connectivity index (χ3v) is 3.98. The summed E-state index contributed by atoms with van der Waals surface area (Å²) in [6.45, 7) is 0. The fraction of sp³-hybridized carbons (Fsp3) is 0.231. The van der Waals surface area contributed by atoms with Crippen LogP contribution < -0.4 is 0 Å². The Kier molecular flexibility index (Phi) is 4.59. The number of aliphatic carboxylic acids is 1. The Balaban J connectivity index is 2.05. The van der Waals surface area contributed by atoms with E-state index >= 15 is 0 Å². The lowest BCUT2D eigenvalue weighted by molar-refractivity contribution is -0.384. The highest BCUT2D eigenvalue weighted by Gasteiger charge is 2.33. The molecule has 1 aromatic rings. The lowest BCUT2D eigenvalue weighted by atomic mass is 10.2. The van der Waals surface area contributed by atoms with Gasteiger partial charge in [-0.25, -0.2) is 4.79 Å². The second-order valence-corrected chi connectivity index (χ2v) is 5.34. The van der Waals surface area contributed by atoms with Crippen LogP contribution in [0.5, 0.6) is 0 Å². The number of rotatable bonds is 4. The summed E-state index contributed by atoms with van der Waals surface area (Å²) < 4.78 is 0. The number of nitrogens with zero attached hydrogens (tertiary/aromatic N) is 2. The Morgan fingerprint density at radius 3 is 2.62 bits per heavy atom. The van der Waals surface area contributed by atoms with Gasteiger partial charge in [0, 0.05) is 24.0 Å². The summed E-state index contributed by atoms with van der Waals surface area (Å²) in [5.41, 5.74) is 0.605. The molecule has 1 N–H and O–H groups in total. The van der Waals surface area contributed by atoms with Crippen molar-refractivity contribution in [3.05, 3.63) is 46.0 Å². The molecule has 1 aromatic carbocycles. The summed E-state index contributed by atoms with van der Waals surface area (Å²) in [5.74, 6) is -0.671. The van der Waals surface area contributed by atoms with E-state index < -0.39 is 16.9 Å². The molecule has 1 heterocycles. The van der Waals surface area contributed by atoms with Crippen LogP contribution in [0.2, 0.25) is 0 Å². The molecule has 0 radical (unpaired) electrons. The van der Waals surface area contributed by atoms with Crippen LogP contribution in [0.1, 0.15) is 5.56 Å². The number of amides is 1. The lowest BCUT2D eigenvalue weighted by Gasteiger charge is -2.18. The number of nitro groups is 1. The zero-order valence-electron chi connectivity index (χ0n) is 10.8. The molecule has 110 valence electrons. The molecule has 1 aliphatic rings. The minimum absolute atomic E-state index is 0.0274. The van der Waals surface area contributed by atoms with Gasteiger partial charge in [-0.1, -0.05) is 0 Å². The second-order valence-electron chi connectivity index (χ2n) is 4.34. The molecule has 1 fully saturated rings. The highest BCUT2D eigenvalue weighted by Crippen LogP contribution is 2.21. The van der Waals surface area contributed by atoms with Gasteiger partial charge in [-0.15, -0.1) is 11.8 Å². The number of non-ortho nitro benzene ring substituents is 1. The van der Waals surface area contributed by atoms with Gasteiger partial charge in [-0.2, -0.15) is 0 Å². The van der Waals surface area contributed by atoms with Crippen LogP contribution in [-0.2, 0) is 9.59 Å². The fourth-order valence-corrected chi connectivity index (χ4v) is 2.99. The van der Waals surface area contributed by atoms with Crippen molar-refractivity contribution in [2.24, 2.45) is 0 Å². The molecule has 1 amide bonds. The quantitative estimate of drug-likeness (QED) is 0.515. The maximum Gasteiger partial charge on any atom is 0.327 e. The Morgan fingerprint density at radius 1 is 1.38 bits per heavy atom. The summed E-state index contributed by atoms with van der Waals surface area (Å²) in [5, 5.41) is 19.5. The van der Waals surface area contributed by atoms with Crippen LogP contribution >= 0.6 is 11.8 Å². The SMILES string of the molecule is O=C(O)C1CSCN1C(=O)/C=C/c1ccc([N+](=O)[O-])cc1. The van der Waals surface area contributed by atoms with Gasteiger partial charge in [0.2, 0.25) is 5.91 Å². The molecule has 0 saturated carbocycles. The van der Waals surface area contributed by atoms with Gasteiger partial charge in [-0.3, -0.25) is 14.9 Å². The van der Waals surface area contributed by atoms with E-state index in [0.29, 0.717) is 17.2 Å². The number of benzene rings is 1. The highest BCUT2D eigenvalue weighted by atomic mass is 32.2. The molecule has 0 spiro atoms. The molecule has 1 aliphatic heterocycles. The monoisotopic (exact) mass is 308 g/mol. The van der Waals surface area contributed by atoms with Crippen LogP contribution in [0, 0.1) is 10.1 Å². The molecule has 21 heavy (non-hydrogen) atoms. The first-order chi connectivity index (χ1) is 9.99. The summed E-state index contributed by atoms with van der Waals surface area (Å²) in [4.78, 5) is 34.3. The average Bonchev–Trinajstić information content (AvgIpc) is 2.95. The van der Waals surface area contributed by atoms with Crippen molar-refractivity contribution >= 4 is 35.4 Å². The summed E-state index contributed by atoms with van der Waals surface area (Å²) in [6.07, 6.45) is 2.79. The van der Waals surface area contributed by atoms with E-state index in [4.69, 9.17) is 5.11 Å². The number of carboxylic acid groups (broad SMARTS) is 1. The number of hydrogen-bond donors (Lipinski definition) is 1. The van der Waals surface area contributed by atoms with Crippen molar-refractivity contribution in [3.8, 4) is 0 Å². The van der Waals surface area contributed by atoms with Gasteiger partial charge in [0.15, 0.2) is 0 Å². The van der Waals surface area contributed by atoms with Gasteiger partial charge < -0.3 is 10.0 Å². The van der Waals surface area contributed by atoms with E-state index in [2.05, 4.69) is 0 Å². The van der Waals surface area contributed by atoms with Gasteiger partial charge >= 0.3 is 5.97 Å². The zero-order chi connectivity index (χ0) is 15.4. The van der Waals surface area contributed by atoms with E-state index in [1.165, 1.54) is 53.1 Å². The number of nitro benzene ring substituents is 1. The topological polar surface area (TPSA) is 101 Å². The Labute approximate surface area is 124 Å². The van der Waals surface area contributed by atoms with Crippen molar-refractivity contribution in [1.82, 2.24) is 4.90 Å². The second kappa shape index (κ2) is 6.40. The summed E-state index contributed by atoms with van der Waals surface area (Å²) in [7, 11) is 0. The van der Waals surface area contributed by atoms with Gasteiger partial charge in [0.1, 0.15) is 6.04 Å². The summed E-state index contributed by atoms with van der Waals surface area (Å²) >= 11 is 1.39. The molecule has 0 aliphatic carbocycles. The molecular formula is C13H12N2O5S. The molecule has 2 rings (SSSR count). The third kappa shape index (κ3) is 3.60. The molecule has 7 nitrogen and oxygen atoms in total. The Hall–Kier alpha value is -2.35. The Bertz CT molecular complexity index is 599. The molecule has 8 heteroatoms. The number of carbonyl (C=O) groups is 2. The fourth-order valence-electron chi connectivity index (χ4n) is 1.83. The molecule has 0 bridgehead atoms. The molecule has 1 saturated heterocycles. The number of carbonyl (C=O) groups excluding carboxylic acids is 1. The predicted molar refractivity (Wildman–Crippen MR) is 77.7 cm³/mol. The van der Waals surface area contributed by atoms with E-state index in [1.807, 2.05) is 0 Å². The van der Waals surface area contributed by atoms with Crippen molar-refractivity contribution in [2.45, 2.75) is 6.04 Å². The van der Waals surface area contributed by atoms with Gasteiger partial charge in [-0.05, 0) is 23.8 Å². The van der Waals surface area contributed by atoms with Gasteiger partial charge in [0.05, 0.1) is 10.8 Å². The zero-order valence-corrected chi connectivity index (χ0v) is 11.7. The largest absolute Gasteiger partial charge is 0.480 e. The van der Waals surface area contributed by atoms with E-state index in [0.717, 1.165) is 0 Å². The van der Waals surface area contributed by atoms with Crippen LogP contribution in [0.4, 0.5) is 5.69 Å². The third-order valence-electron chi connectivity index (χ3n) is 2.97. The first-order valence-electron chi connectivity index (χ1n) is 6.02. The maximum absolute atomic E-state index is 12.0. The first-order valence-corrected chi connectivity index (χ1v) is 7.18. The van der Waals surface area contributed by atoms with Crippen molar-refractivity contribution in [2.75, 3.05) is 11.6 Å². The molecule has 1 unspecified atom stereocenters. The van der Waals surface area contributed by atoms with E-state index in [-0.39, 0.29) is 11.6 Å². The molecule has 0 aromatic heterocycles. The smallest absolute Gasteiger partial charge is 0.327 e.